The minimum absolute atomic E-state index is 0.169. The molecule has 8 nitrogen and oxygen atoms in total. The van der Waals surface area contributed by atoms with Crippen molar-refractivity contribution in [2.45, 2.75) is 6.92 Å². The quantitative estimate of drug-likeness (QED) is 0.525. The number of hydrogen-bond acceptors (Lipinski definition) is 7. The molecule has 4 rings (SSSR count). The van der Waals surface area contributed by atoms with E-state index in [-0.39, 0.29) is 5.91 Å². The molecule has 0 saturated heterocycles. The van der Waals surface area contributed by atoms with Gasteiger partial charge in [0.25, 0.3) is 0 Å². The highest BCUT2D eigenvalue weighted by molar-refractivity contribution is 7.18. The lowest BCUT2D eigenvalue weighted by molar-refractivity contribution is -0.114. The molecule has 29 heavy (non-hydrogen) atoms. The average molecular weight is 405 g/mol. The van der Waals surface area contributed by atoms with Crippen LogP contribution in [0.15, 0.2) is 49.1 Å². The molecule has 1 amide bonds. The number of imidazole rings is 1. The first-order chi connectivity index (χ1) is 14.0. The maximum Gasteiger partial charge on any atom is 0.222 e. The number of nitrogens with one attached hydrogen (secondary N) is 2. The van der Waals surface area contributed by atoms with Crippen molar-refractivity contribution in [3.63, 3.8) is 0 Å². The van der Waals surface area contributed by atoms with E-state index in [0.29, 0.717) is 5.82 Å². The third kappa shape index (κ3) is 3.99. The molecule has 0 unspecified atom stereocenters. The zero-order chi connectivity index (χ0) is 20.4. The molecular formula is C20H19N7OS. The van der Waals surface area contributed by atoms with Gasteiger partial charge >= 0.3 is 0 Å². The number of carbonyl (C=O) groups excluding carboxylic acids is 1. The number of thiazole rings is 1. The van der Waals surface area contributed by atoms with Crippen molar-refractivity contribution in [1.82, 2.24) is 24.9 Å². The van der Waals surface area contributed by atoms with E-state index in [0.717, 1.165) is 38.3 Å². The van der Waals surface area contributed by atoms with E-state index in [1.54, 1.807) is 18.6 Å². The molecule has 146 valence electrons. The van der Waals surface area contributed by atoms with Crippen LogP contribution in [-0.4, -0.2) is 44.9 Å². The molecule has 4 heterocycles. The number of carbonyl (C=O) groups is 1. The number of H-pyrrole nitrogens is 1. The van der Waals surface area contributed by atoms with Crippen LogP contribution in [0.2, 0.25) is 0 Å². The summed E-state index contributed by atoms with van der Waals surface area (Å²) in [6, 6.07) is 7.64. The Balaban J connectivity index is 1.80. The number of anilines is 2. The number of pyridine rings is 2. The zero-order valence-electron chi connectivity index (χ0n) is 16.2. The Hall–Kier alpha value is -3.59. The number of aromatic amines is 1. The highest BCUT2D eigenvalue weighted by atomic mass is 32.1. The summed E-state index contributed by atoms with van der Waals surface area (Å²) in [6.07, 6.45) is 6.97. The van der Waals surface area contributed by atoms with Gasteiger partial charge in [0.2, 0.25) is 5.91 Å². The first kappa shape index (κ1) is 18.8. The fourth-order valence-electron chi connectivity index (χ4n) is 2.79. The van der Waals surface area contributed by atoms with Crippen LogP contribution in [-0.2, 0) is 4.79 Å². The van der Waals surface area contributed by atoms with Gasteiger partial charge < -0.3 is 15.2 Å². The summed E-state index contributed by atoms with van der Waals surface area (Å²) in [6.45, 7) is 1.45. The molecule has 4 aromatic rings. The molecule has 9 heteroatoms. The lowest BCUT2D eigenvalue weighted by Gasteiger charge is -2.10. The van der Waals surface area contributed by atoms with E-state index in [2.05, 4.69) is 25.3 Å². The van der Waals surface area contributed by atoms with Crippen LogP contribution in [0.1, 0.15) is 6.92 Å². The fraction of sp³-hybridized carbons (Fsp3) is 0.150. The van der Waals surface area contributed by atoms with Crippen molar-refractivity contribution in [2.24, 2.45) is 0 Å². The molecule has 2 N–H and O–H groups in total. The van der Waals surface area contributed by atoms with Gasteiger partial charge in [-0.15, -0.1) is 11.3 Å². The van der Waals surface area contributed by atoms with Crippen molar-refractivity contribution in [3.05, 3.63) is 49.1 Å². The molecule has 0 aliphatic rings. The van der Waals surface area contributed by atoms with Crippen molar-refractivity contribution >= 4 is 28.9 Å². The second kappa shape index (κ2) is 7.80. The van der Waals surface area contributed by atoms with Gasteiger partial charge in [-0.25, -0.2) is 19.9 Å². The summed E-state index contributed by atoms with van der Waals surface area (Å²) >= 11 is 1.52. The Kier molecular flexibility index (Phi) is 5.05. The minimum atomic E-state index is -0.169. The van der Waals surface area contributed by atoms with E-state index in [1.807, 2.05) is 49.5 Å². The van der Waals surface area contributed by atoms with Crippen molar-refractivity contribution in [2.75, 3.05) is 24.3 Å². The van der Waals surface area contributed by atoms with Crippen LogP contribution in [0.4, 0.5) is 11.6 Å². The summed E-state index contributed by atoms with van der Waals surface area (Å²) in [7, 11) is 3.90. The van der Waals surface area contributed by atoms with Gasteiger partial charge in [0.1, 0.15) is 22.5 Å². The smallest absolute Gasteiger partial charge is 0.222 e. The largest absolute Gasteiger partial charge is 0.363 e. The molecular weight excluding hydrogens is 386 g/mol. The van der Waals surface area contributed by atoms with Gasteiger partial charge in [0.15, 0.2) is 0 Å². The number of hydrogen-bond donors (Lipinski definition) is 2. The van der Waals surface area contributed by atoms with Crippen LogP contribution >= 0.6 is 11.3 Å². The van der Waals surface area contributed by atoms with Crippen LogP contribution in [0.3, 0.4) is 0 Å². The Morgan fingerprint density at radius 2 is 1.97 bits per heavy atom. The second-order valence-electron chi connectivity index (χ2n) is 6.54. The van der Waals surface area contributed by atoms with Gasteiger partial charge in [-0.05, 0) is 24.3 Å². The van der Waals surface area contributed by atoms with E-state index < -0.39 is 0 Å². The third-order valence-corrected chi connectivity index (χ3v) is 5.24. The monoisotopic (exact) mass is 405 g/mol. The van der Waals surface area contributed by atoms with E-state index in [4.69, 9.17) is 4.98 Å². The Morgan fingerprint density at radius 1 is 1.10 bits per heavy atom. The molecule has 0 aliphatic carbocycles. The Labute approximate surface area is 171 Å². The van der Waals surface area contributed by atoms with Crippen molar-refractivity contribution in [1.29, 1.82) is 0 Å². The second-order valence-corrected chi connectivity index (χ2v) is 7.54. The van der Waals surface area contributed by atoms with E-state index in [1.165, 1.54) is 18.3 Å². The summed E-state index contributed by atoms with van der Waals surface area (Å²) in [5.74, 6) is 1.94. The predicted molar refractivity (Wildman–Crippen MR) is 115 cm³/mol. The lowest BCUT2D eigenvalue weighted by Crippen LogP contribution is -2.10. The van der Waals surface area contributed by atoms with Crippen molar-refractivity contribution < 1.29 is 4.79 Å². The fourth-order valence-corrected chi connectivity index (χ4v) is 3.84. The Bertz CT molecular complexity index is 1130. The number of aromatic nitrogens is 5. The first-order valence-corrected chi connectivity index (χ1v) is 9.71. The maximum atomic E-state index is 11.3. The SMILES string of the molecule is CC(=O)Nc1cc(-c2nc(-c3ccc(N(C)C)nc3)c(-c3ncc[nH]3)s2)ccn1. The predicted octanol–water partition coefficient (Wildman–Crippen LogP) is 3.68. The first-order valence-electron chi connectivity index (χ1n) is 8.89. The summed E-state index contributed by atoms with van der Waals surface area (Å²) < 4.78 is 0. The molecule has 0 spiro atoms. The van der Waals surface area contributed by atoms with E-state index >= 15 is 0 Å². The normalized spacial score (nSPS) is 10.7. The van der Waals surface area contributed by atoms with Crippen LogP contribution in [0, 0.1) is 0 Å². The van der Waals surface area contributed by atoms with Crippen molar-refractivity contribution in [3.8, 4) is 32.5 Å². The molecule has 0 aliphatic heterocycles. The standard InChI is InChI=1S/C20H19N7OS/c1-12(28)25-15-10-13(6-7-21-15)20-26-17(18(29-20)19-22-8-9-23-19)14-4-5-16(24-11-14)27(2)3/h4-11H,1-3H3,(H,22,23)(H,21,25,28). The molecule has 0 fully saturated rings. The lowest BCUT2D eigenvalue weighted by atomic mass is 10.2. The van der Waals surface area contributed by atoms with Gasteiger partial charge in [-0.1, -0.05) is 0 Å². The number of nitrogens with zero attached hydrogens (tertiary/aromatic N) is 5. The van der Waals surface area contributed by atoms with Gasteiger partial charge in [0.05, 0.1) is 10.6 Å². The zero-order valence-corrected chi connectivity index (χ0v) is 17.0. The topological polar surface area (TPSA) is 99.7 Å². The van der Waals surface area contributed by atoms with Gasteiger partial charge in [0, 0.05) is 56.9 Å². The molecule has 0 radical (unpaired) electrons. The number of amides is 1. The number of rotatable bonds is 5. The van der Waals surface area contributed by atoms with Crippen LogP contribution in [0.25, 0.3) is 32.5 Å². The Morgan fingerprint density at radius 3 is 2.62 bits per heavy atom. The van der Waals surface area contributed by atoms with E-state index in [9.17, 15) is 4.79 Å². The highest BCUT2D eigenvalue weighted by Crippen LogP contribution is 2.39. The van der Waals surface area contributed by atoms with Crippen LogP contribution in [0.5, 0.6) is 0 Å². The maximum absolute atomic E-state index is 11.3. The van der Waals surface area contributed by atoms with Gasteiger partial charge in [-0.3, -0.25) is 4.79 Å². The third-order valence-electron chi connectivity index (χ3n) is 4.13. The minimum Gasteiger partial charge on any atom is -0.363 e. The molecule has 0 saturated carbocycles. The molecule has 0 atom stereocenters. The average Bonchev–Trinajstić information content (AvgIpc) is 3.37. The highest BCUT2D eigenvalue weighted by Gasteiger charge is 2.18. The summed E-state index contributed by atoms with van der Waals surface area (Å²) in [4.78, 5) is 35.3. The molecule has 0 aromatic carbocycles. The van der Waals surface area contributed by atoms with Crippen LogP contribution < -0.4 is 10.2 Å². The molecule has 0 bridgehead atoms. The van der Waals surface area contributed by atoms with Gasteiger partial charge in [-0.2, -0.15) is 0 Å². The summed E-state index contributed by atoms with van der Waals surface area (Å²) in [5, 5.41) is 3.51. The summed E-state index contributed by atoms with van der Waals surface area (Å²) in [5.41, 5.74) is 2.57. The molecule has 4 aromatic heterocycles.